The van der Waals surface area contributed by atoms with Crippen LogP contribution in [0.25, 0.3) is 11.1 Å². The first-order chi connectivity index (χ1) is 12.8. The van der Waals surface area contributed by atoms with E-state index in [-0.39, 0.29) is 12.0 Å². The van der Waals surface area contributed by atoms with Gasteiger partial charge in [0.05, 0.1) is 25.0 Å². The summed E-state index contributed by atoms with van der Waals surface area (Å²) in [5, 5.41) is 0. The minimum Gasteiger partial charge on any atom is -0.497 e. The van der Waals surface area contributed by atoms with E-state index >= 15 is 0 Å². The molecule has 3 aromatic rings. The van der Waals surface area contributed by atoms with Gasteiger partial charge in [0, 0.05) is 30.7 Å². The van der Waals surface area contributed by atoms with Crippen LogP contribution < -0.4 is 15.4 Å². The van der Waals surface area contributed by atoms with Gasteiger partial charge in [-0.25, -0.2) is 15.0 Å². The molecule has 0 spiro atoms. The maximum Gasteiger partial charge on any atom is 0.220 e. The molecular formula is C19H20N6O. The van der Waals surface area contributed by atoms with Crippen LogP contribution in [0.4, 0.5) is 11.8 Å². The lowest BCUT2D eigenvalue weighted by Gasteiger charge is -2.26. The smallest absolute Gasteiger partial charge is 0.220 e. The van der Waals surface area contributed by atoms with Crippen LogP contribution in [0.2, 0.25) is 0 Å². The molecule has 1 aliphatic rings. The molecule has 26 heavy (non-hydrogen) atoms. The van der Waals surface area contributed by atoms with Crippen LogP contribution in [0.15, 0.2) is 49.1 Å². The lowest BCUT2D eigenvalue weighted by atomic mass is 9.99. The van der Waals surface area contributed by atoms with Gasteiger partial charge in [-0.1, -0.05) is 12.1 Å². The van der Waals surface area contributed by atoms with E-state index in [9.17, 15) is 0 Å². The monoisotopic (exact) mass is 348 g/mol. The lowest BCUT2D eigenvalue weighted by molar-refractivity contribution is 0.415. The molecule has 2 aromatic heterocycles. The Hall–Kier alpha value is -3.22. The zero-order valence-electron chi connectivity index (χ0n) is 14.5. The van der Waals surface area contributed by atoms with Gasteiger partial charge < -0.3 is 15.4 Å². The summed E-state index contributed by atoms with van der Waals surface area (Å²) in [6.07, 6.45) is 9.00. The molecular weight excluding hydrogens is 328 g/mol. The van der Waals surface area contributed by atoms with Crippen LogP contribution in [0.5, 0.6) is 5.75 Å². The summed E-state index contributed by atoms with van der Waals surface area (Å²) in [7, 11) is 1.66. The Bertz CT molecular complexity index is 902. The van der Waals surface area contributed by atoms with Gasteiger partial charge in [0.1, 0.15) is 11.6 Å². The van der Waals surface area contributed by atoms with E-state index in [1.807, 2.05) is 24.3 Å². The number of aromatic nitrogens is 4. The van der Waals surface area contributed by atoms with Crippen molar-refractivity contribution >= 4 is 11.8 Å². The predicted octanol–water partition coefficient (Wildman–Crippen LogP) is 2.87. The molecule has 0 unspecified atom stereocenters. The zero-order valence-corrected chi connectivity index (χ0v) is 14.5. The van der Waals surface area contributed by atoms with Crippen LogP contribution in [-0.2, 0) is 0 Å². The molecule has 3 heterocycles. The number of nitrogens with two attached hydrogens (primary N) is 1. The lowest BCUT2D eigenvalue weighted by Crippen LogP contribution is -2.25. The normalized spacial score (nSPS) is 16.7. The fourth-order valence-electron chi connectivity index (χ4n) is 3.44. The third-order valence-electron chi connectivity index (χ3n) is 4.63. The summed E-state index contributed by atoms with van der Waals surface area (Å²) >= 11 is 0. The van der Waals surface area contributed by atoms with Gasteiger partial charge >= 0.3 is 0 Å². The number of hydrogen-bond acceptors (Lipinski definition) is 7. The number of rotatable bonds is 4. The Morgan fingerprint density at radius 3 is 2.92 bits per heavy atom. The van der Waals surface area contributed by atoms with E-state index in [0.29, 0.717) is 0 Å². The topological polar surface area (TPSA) is 90.0 Å². The van der Waals surface area contributed by atoms with Crippen molar-refractivity contribution in [1.29, 1.82) is 0 Å². The molecule has 4 rings (SSSR count). The van der Waals surface area contributed by atoms with Gasteiger partial charge in [0.2, 0.25) is 5.95 Å². The van der Waals surface area contributed by atoms with Gasteiger partial charge in [-0.3, -0.25) is 4.98 Å². The minimum absolute atomic E-state index is 0.0817. The average Bonchev–Trinajstić information content (AvgIpc) is 3.18. The highest BCUT2D eigenvalue weighted by Crippen LogP contribution is 2.39. The molecule has 7 nitrogen and oxygen atoms in total. The average molecular weight is 348 g/mol. The van der Waals surface area contributed by atoms with Gasteiger partial charge in [0.25, 0.3) is 0 Å². The number of nitrogens with zero attached hydrogens (tertiary/aromatic N) is 5. The van der Waals surface area contributed by atoms with E-state index in [2.05, 4.69) is 24.8 Å². The Morgan fingerprint density at radius 2 is 2.12 bits per heavy atom. The fourth-order valence-corrected chi connectivity index (χ4v) is 3.44. The first kappa shape index (κ1) is 16.3. The maximum atomic E-state index is 5.92. The third-order valence-corrected chi connectivity index (χ3v) is 4.63. The van der Waals surface area contributed by atoms with Crippen molar-refractivity contribution in [3.63, 3.8) is 0 Å². The Kier molecular flexibility index (Phi) is 4.35. The number of benzene rings is 1. The summed E-state index contributed by atoms with van der Waals surface area (Å²) < 4.78 is 5.36. The zero-order chi connectivity index (χ0) is 17.9. The molecule has 7 heteroatoms. The summed E-state index contributed by atoms with van der Waals surface area (Å²) in [6.45, 7) is 0.908. The quantitative estimate of drug-likeness (QED) is 0.775. The van der Waals surface area contributed by atoms with Crippen molar-refractivity contribution in [2.75, 3.05) is 24.3 Å². The Balaban J connectivity index is 1.79. The Morgan fingerprint density at radius 1 is 1.19 bits per heavy atom. The molecule has 2 N–H and O–H groups in total. The predicted molar refractivity (Wildman–Crippen MR) is 99.8 cm³/mol. The highest BCUT2D eigenvalue weighted by Gasteiger charge is 2.31. The van der Waals surface area contributed by atoms with E-state index in [1.165, 1.54) is 0 Å². The highest BCUT2D eigenvalue weighted by molar-refractivity contribution is 5.68. The standard InChI is InChI=1S/C19H20N6O/c1-26-14-5-2-4-13(10-14)15-11-23-19(20)24-18(15)16-6-3-9-25(16)17-12-21-7-8-22-17/h2,4-5,7-8,10-12,16H,3,6,9H2,1H3,(H2,20,23,24)/t16-/m1/s1. The van der Waals surface area contributed by atoms with Crippen LogP contribution >= 0.6 is 0 Å². The number of hydrogen-bond donors (Lipinski definition) is 1. The van der Waals surface area contributed by atoms with E-state index in [4.69, 9.17) is 10.5 Å². The van der Waals surface area contributed by atoms with Crippen molar-refractivity contribution in [3.05, 3.63) is 54.7 Å². The van der Waals surface area contributed by atoms with Crippen LogP contribution in [0.3, 0.4) is 0 Å². The molecule has 0 bridgehead atoms. The van der Waals surface area contributed by atoms with Crippen LogP contribution in [-0.4, -0.2) is 33.6 Å². The Labute approximate surface area is 151 Å². The summed E-state index contributed by atoms with van der Waals surface area (Å²) in [5.74, 6) is 1.92. The van der Waals surface area contributed by atoms with Crippen LogP contribution in [0.1, 0.15) is 24.6 Å². The first-order valence-corrected chi connectivity index (χ1v) is 8.56. The molecule has 132 valence electrons. The number of methoxy groups -OCH3 is 1. The van der Waals surface area contributed by atoms with Gasteiger partial charge in [-0.15, -0.1) is 0 Å². The van der Waals surface area contributed by atoms with E-state index in [1.54, 1.807) is 31.9 Å². The summed E-state index contributed by atoms with van der Waals surface area (Å²) in [6, 6.07) is 7.98. The minimum atomic E-state index is 0.0817. The maximum absolute atomic E-state index is 5.92. The largest absolute Gasteiger partial charge is 0.497 e. The van der Waals surface area contributed by atoms with Gasteiger partial charge in [0.15, 0.2) is 0 Å². The SMILES string of the molecule is COc1cccc(-c2cnc(N)nc2[C@H]2CCCN2c2cnccn2)c1. The summed E-state index contributed by atoms with van der Waals surface area (Å²) in [5.41, 5.74) is 8.79. The number of ether oxygens (including phenoxy) is 1. The number of anilines is 2. The molecule has 1 saturated heterocycles. The van der Waals surface area contributed by atoms with Crippen molar-refractivity contribution in [2.24, 2.45) is 0 Å². The second-order valence-corrected chi connectivity index (χ2v) is 6.17. The molecule has 1 aromatic carbocycles. The van der Waals surface area contributed by atoms with Crippen molar-refractivity contribution in [3.8, 4) is 16.9 Å². The summed E-state index contributed by atoms with van der Waals surface area (Å²) in [4.78, 5) is 19.7. The number of nitrogen functional groups attached to an aromatic ring is 1. The molecule has 0 aliphatic carbocycles. The molecule has 0 saturated carbocycles. The second kappa shape index (κ2) is 6.95. The first-order valence-electron chi connectivity index (χ1n) is 8.56. The fraction of sp³-hybridized carbons (Fsp3) is 0.263. The van der Waals surface area contributed by atoms with Crippen molar-refractivity contribution < 1.29 is 4.74 Å². The van der Waals surface area contributed by atoms with Gasteiger partial charge in [-0.2, -0.15) is 0 Å². The molecule has 0 radical (unpaired) electrons. The molecule has 0 amide bonds. The third kappa shape index (κ3) is 3.03. The van der Waals surface area contributed by atoms with E-state index < -0.39 is 0 Å². The van der Waals surface area contributed by atoms with Crippen molar-refractivity contribution in [2.45, 2.75) is 18.9 Å². The second-order valence-electron chi connectivity index (χ2n) is 6.17. The molecule has 1 aliphatic heterocycles. The van der Waals surface area contributed by atoms with Crippen molar-refractivity contribution in [1.82, 2.24) is 19.9 Å². The molecule has 1 fully saturated rings. The van der Waals surface area contributed by atoms with Gasteiger partial charge in [-0.05, 0) is 30.5 Å². The van der Waals surface area contributed by atoms with E-state index in [0.717, 1.165) is 47.8 Å². The molecule has 1 atom stereocenters. The van der Waals surface area contributed by atoms with Crippen LogP contribution in [0, 0.1) is 0 Å². The highest BCUT2D eigenvalue weighted by atomic mass is 16.5.